The molecule has 12 heteroatoms. The van der Waals surface area contributed by atoms with Gasteiger partial charge in [0.1, 0.15) is 23.5 Å². The SMILES string of the molecule is Cc1cc(CNC(=O)c2cc(C(=O)N[C@H]3CCc4cc(C(=O)N=C5NC(=O)CN5C)ccc43)ncn2)ccc1F. The molecule has 1 fully saturated rings. The molecule has 3 aromatic rings. The van der Waals surface area contributed by atoms with Crippen molar-refractivity contribution < 1.29 is 23.6 Å². The first-order valence-electron chi connectivity index (χ1n) is 12.6. The second-order valence-electron chi connectivity index (χ2n) is 9.68. The van der Waals surface area contributed by atoms with Crippen molar-refractivity contribution >= 4 is 29.6 Å². The Morgan fingerprint density at radius 3 is 2.60 bits per heavy atom. The van der Waals surface area contributed by atoms with Crippen molar-refractivity contribution in [2.45, 2.75) is 32.4 Å². The van der Waals surface area contributed by atoms with E-state index in [2.05, 4.69) is 30.9 Å². The molecule has 5 rings (SSSR count). The van der Waals surface area contributed by atoms with Gasteiger partial charge in [0.25, 0.3) is 17.7 Å². The number of aromatic nitrogens is 2. The van der Waals surface area contributed by atoms with E-state index >= 15 is 0 Å². The van der Waals surface area contributed by atoms with Crippen LogP contribution in [-0.2, 0) is 17.8 Å². The van der Waals surface area contributed by atoms with Crippen LogP contribution in [0.25, 0.3) is 0 Å². The quantitative estimate of drug-likeness (QED) is 0.430. The van der Waals surface area contributed by atoms with Gasteiger partial charge in [0.15, 0.2) is 0 Å². The average molecular weight is 544 g/mol. The van der Waals surface area contributed by atoms with Crippen molar-refractivity contribution in [2.24, 2.45) is 4.99 Å². The number of hydrogen-bond acceptors (Lipinski definition) is 6. The van der Waals surface area contributed by atoms with Gasteiger partial charge in [-0.3, -0.25) is 24.5 Å². The normalized spacial score (nSPS) is 17.0. The summed E-state index contributed by atoms with van der Waals surface area (Å²) in [5.41, 5.74) is 3.45. The third kappa shape index (κ3) is 5.70. The average Bonchev–Trinajstić information content (AvgIpc) is 3.49. The van der Waals surface area contributed by atoms with Crippen LogP contribution in [-0.4, -0.2) is 58.0 Å². The number of carbonyl (C=O) groups is 4. The van der Waals surface area contributed by atoms with Crippen LogP contribution in [0.2, 0.25) is 0 Å². The molecule has 0 bridgehead atoms. The molecule has 1 saturated heterocycles. The molecule has 0 unspecified atom stereocenters. The number of rotatable bonds is 6. The summed E-state index contributed by atoms with van der Waals surface area (Å²) in [4.78, 5) is 63.3. The Hall–Kier alpha value is -5.00. The summed E-state index contributed by atoms with van der Waals surface area (Å²) in [5.74, 6) is -1.76. The molecule has 0 radical (unpaired) electrons. The molecule has 2 heterocycles. The number of halogens is 1. The van der Waals surface area contributed by atoms with Crippen LogP contribution in [0.1, 0.15) is 66.1 Å². The fourth-order valence-corrected chi connectivity index (χ4v) is 4.65. The van der Waals surface area contributed by atoms with Crippen molar-refractivity contribution in [3.63, 3.8) is 0 Å². The highest BCUT2D eigenvalue weighted by molar-refractivity contribution is 6.10. The van der Waals surface area contributed by atoms with E-state index in [1.807, 2.05) is 0 Å². The zero-order valence-corrected chi connectivity index (χ0v) is 21.8. The van der Waals surface area contributed by atoms with E-state index in [4.69, 9.17) is 0 Å². The Morgan fingerprint density at radius 2 is 1.88 bits per heavy atom. The molecule has 1 aromatic heterocycles. The molecular formula is C28H26FN7O4. The molecule has 0 saturated carbocycles. The van der Waals surface area contributed by atoms with Crippen LogP contribution < -0.4 is 16.0 Å². The number of benzene rings is 2. The first kappa shape index (κ1) is 26.6. The minimum Gasteiger partial charge on any atom is -0.347 e. The van der Waals surface area contributed by atoms with Gasteiger partial charge < -0.3 is 15.5 Å². The van der Waals surface area contributed by atoms with E-state index in [9.17, 15) is 23.6 Å². The van der Waals surface area contributed by atoms with E-state index in [1.165, 1.54) is 12.1 Å². The summed E-state index contributed by atoms with van der Waals surface area (Å²) >= 11 is 0. The number of amides is 4. The van der Waals surface area contributed by atoms with E-state index in [0.717, 1.165) is 23.0 Å². The predicted molar refractivity (Wildman–Crippen MR) is 142 cm³/mol. The number of carbonyl (C=O) groups excluding carboxylic acids is 4. The standard InChI is InChI=1S/C28H26FN7O4/c1-15-9-16(3-7-20(15)29)12-30-26(39)22-11-23(32-14-31-22)27(40)33-21-8-5-17-10-18(4-6-19(17)21)25(38)35-28-34-24(37)13-36(28)2/h3-4,6-7,9-11,14,21H,5,8,12-13H2,1-2H3,(H,30,39)(H,33,40)(H,34,35,37,38)/t21-/m0/s1. The fraction of sp³-hybridized carbons (Fsp3) is 0.250. The van der Waals surface area contributed by atoms with Crippen LogP contribution >= 0.6 is 0 Å². The molecular weight excluding hydrogens is 517 g/mol. The maximum atomic E-state index is 13.5. The highest BCUT2D eigenvalue weighted by atomic mass is 19.1. The molecule has 204 valence electrons. The van der Waals surface area contributed by atoms with Gasteiger partial charge in [0.2, 0.25) is 11.9 Å². The first-order valence-corrected chi connectivity index (χ1v) is 12.6. The summed E-state index contributed by atoms with van der Waals surface area (Å²) in [5, 5.41) is 8.21. The molecule has 0 spiro atoms. The number of hydrogen-bond donors (Lipinski definition) is 3. The van der Waals surface area contributed by atoms with Crippen LogP contribution in [0, 0.1) is 12.7 Å². The van der Waals surface area contributed by atoms with Gasteiger partial charge in [0, 0.05) is 25.2 Å². The van der Waals surface area contributed by atoms with Gasteiger partial charge in [-0.05, 0) is 60.2 Å². The minimum absolute atomic E-state index is 0.0275. The van der Waals surface area contributed by atoms with E-state index < -0.39 is 17.7 Å². The Bertz CT molecular complexity index is 1570. The highest BCUT2D eigenvalue weighted by Gasteiger charge is 2.27. The lowest BCUT2D eigenvalue weighted by Crippen LogP contribution is -2.29. The third-order valence-electron chi connectivity index (χ3n) is 6.78. The Balaban J connectivity index is 1.22. The maximum absolute atomic E-state index is 13.5. The second-order valence-corrected chi connectivity index (χ2v) is 9.68. The van der Waals surface area contributed by atoms with Gasteiger partial charge in [0.05, 0.1) is 12.6 Å². The van der Waals surface area contributed by atoms with E-state index in [1.54, 1.807) is 49.2 Å². The number of aryl methyl sites for hydroxylation is 2. The number of aliphatic imine (C=N–C) groups is 1. The molecule has 2 aliphatic rings. The summed E-state index contributed by atoms with van der Waals surface area (Å²) in [6.07, 6.45) is 2.43. The van der Waals surface area contributed by atoms with Crippen LogP contribution in [0.4, 0.5) is 4.39 Å². The lowest BCUT2D eigenvalue weighted by atomic mass is 10.0. The number of fused-ring (bicyclic) bond motifs is 1. The first-order chi connectivity index (χ1) is 19.2. The van der Waals surface area contributed by atoms with Crippen molar-refractivity contribution in [2.75, 3.05) is 13.6 Å². The van der Waals surface area contributed by atoms with Gasteiger partial charge in [-0.1, -0.05) is 18.2 Å². The van der Waals surface area contributed by atoms with Gasteiger partial charge in [-0.25, -0.2) is 14.4 Å². The number of nitrogens with one attached hydrogen (secondary N) is 3. The smallest absolute Gasteiger partial charge is 0.280 e. The number of nitrogens with zero attached hydrogens (tertiary/aromatic N) is 4. The molecule has 11 nitrogen and oxygen atoms in total. The van der Waals surface area contributed by atoms with Crippen molar-refractivity contribution in [1.82, 2.24) is 30.8 Å². The molecule has 4 amide bonds. The fourth-order valence-electron chi connectivity index (χ4n) is 4.65. The zero-order chi connectivity index (χ0) is 28.4. The Kier molecular flexibility index (Phi) is 7.32. The molecule has 2 aromatic carbocycles. The van der Waals surface area contributed by atoms with Crippen molar-refractivity contribution in [3.05, 3.63) is 93.8 Å². The minimum atomic E-state index is -0.492. The highest BCUT2D eigenvalue weighted by Crippen LogP contribution is 2.32. The Morgan fingerprint density at radius 1 is 1.10 bits per heavy atom. The number of guanidine groups is 1. The summed E-state index contributed by atoms with van der Waals surface area (Å²) < 4.78 is 13.5. The topological polar surface area (TPSA) is 146 Å². The van der Waals surface area contributed by atoms with Gasteiger partial charge >= 0.3 is 0 Å². The summed E-state index contributed by atoms with van der Waals surface area (Å²) in [7, 11) is 1.67. The zero-order valence-electron chi connectivity index (χ0n) is 21.8. The maximum Gasteiger partial charge on any atom is 0.280 e. The Labute approximate surface area is 228 Å². The molecule has 1 atom stereocenters. The molecule has 3 N–H and O–H groups in total. The van der Waals surface area contributed by atoms with Crippen molar-refractivity contribution in [1.29, 1.82) is 0 Å². The summed E-state index contributed by atoms with van der Waals surface area (Å²) in [6, 6.07) is 10.8. The third-order valence-corrected chi connectivity index (χ3v) is 6.78. The largest absolute Gasteiger partial charge is 0.347 e. The van der Waals surface area contributed by atoms with Crippen LogP contribution in [0.3, 0.4) is 0 Å². The van der Waals surface area contributed by atoms with Crippen molar-refractivity contribution in [3.8, 4) is 0 Å². The van der Waals surface area contributed by atoms with Gasteiger partial charge in [-0.15, -0.1) is 0 Å². The molecule has 40 heavy (non-hydrogen) atoms. The monoisotopic (exact) mass is 543 g/mol. The number of likely N-dealkylation sites (N-methyl/N-ethyl adjacent to an activating group) is 1. The van der Waals surface area contributed by atoms with Crippen LogP contribution in [0.5, 0.6) is 0 Å². The predicted octanol–water partition coefficient (Wildman–Crippen LogP) is 1.83. The second kappa shape index (κ2) is 11.0. The van der Waals surface area contributed by atoms with Gasteiger partial charge in [-0.2, -0.15) is 4.99 Å². The summed E-state index contributed by atoms with van der Waals surface area (Å²) in [6.45, 7) is 1.96. The van der Waals surface area contributed by atoms with Crippen LogP contribution in [0.15, 0.2) is 53.8 Å². The van der Waals surface area contributed by atoms with E-state index in [-0.39, 0.29) is 48.2 Å². The lowest BCUT2D eigenvalue weighted by Gasteiger charge is -2.14. The molecule has 1 aliphatic heterocycles. The van der Waals surface area contributed by atoms with E-state index in [0.29, 0.717) is 24.0 Å². The lowest BCUT2D eigenvalue weighted by molar-refractivity contribution is -0.118. The molecule has 1 aliphatic carbocycles.